The average molecular weight is 288 g/mol. The predicted octanol–water partition coefficient (Wildman–Crippen LogP) is 4.08. The first-order valence-electron chi connectivity index (χ1n) is 6.38. The standard InChI is InChI=1S/C14H19Cl2NO/c1-17(10-13-4-2-3-7-18-13)12-6-5-11(9-15)14(16)8-12/h5-6,8,13H,2-4,7,9-10H2,1H3. The van der Waals surface area contributed by atoms with Crippen molar-refractivity contribution in [1.82, 2.24) is 0 Å². The minimum absolute atomic E-state index is 0.343. The third-order valence-corrected chi connectivity index (χ3v) is 4.01. The first kappa shape index (κ1) is 14.0. The zero-order chi connectivity index (χ0) is 13.0. The zero-order valence-corrected chi connectivity index (χ0v) is 12.2. The topological polar surface area (TPSA) is 12.5 Å². The molecule has 0 amide bonds. The molecule has 0 aliphatic carbocycles. The first-order valence-corrected chi connectivity index (χ1v) is 7.29. The van der Waals surface area contributed by atoms with Crippen LogP contribution in [0.3, 0.4) is 0 Å². The maximum atomic E-state index is 6.17. The molecule has 100 valence electrons. The van der Waals surface area contributed by atoms with Crippen LogP contribution >= 0.6 is 23.2 Å². The molecule has 2 nitrogen and oxygen atoms in total. The molecule has 1 fully saturated rings. The molecule has 18 heavy (non-hydrogen) atoms. The molecule has 0 spiro atoms. The van der Waals surface area contributed by atoms with Gasteiger partial charge in [-0.2, -0.15) is 0 Å². The summed E-state index contributed by atoms with van der Waals surface area (Å²) < 4.78 is 5.75. The van der Waals surface area contributed by atoms with E-state index in [2.05, 4.69) is 18.0 Å². The van der Waals surface area contributed by atoms with Gasteiger partial charge in [0.05, 0.1) is 6.10 Å². The molecule has 1 aliphatic rings. The smallest absolute Gasteiger partial charge is 0.0749 e. The van der Waals surface area contributed by atoms with Crippen molar-refractivity contribution in [3.63, 3.8) is 0 Å². The van der Waals surface area contributed by atoms with Crippen molar-refractivity contribution in [3.05, 3.63) is 28.8 Å². The van der Waals surface area contributed by atoms with E-state index >= 15 is 0 Å². The lowest BCUT2D eigenvalue weighted by molar-refractivity contribution is 0.0216. The number of likely N-dealkylation sites (N-methyl/N-ethyl adjacent to an activating group) is 1. The molecule has 1 atom stereocenters. The van der Waals surface area contributed by atoms with E-state index in [1.165, 1.54) is 12.8 Å². The number of benzene rings is 1. The minimum Gasteiger partial charge on any atom is -0.376 e. The molecule has 0 N–H and O–H groups in total. The lowest BCUT2D eigenvalue weighted by Crippen LogP contribution is -2.33. The van der Waals surface area contributed by atoms with Gasteiger partial charge in [0.1, 0.15) is 0 Å². The summed E-state index contributed by atoms with van der Waals surface area (Å²) in [4.78, 5) is 2.19. The Hall–Kier alpha value is -0.440. The van der Waals surface area contributed by atoms with Gasteiger partial charge in [0.2, 0.25) is 0 Å². The Morgan fingerprint density at radius 2 is 2.22 bits per heavy atom. The van der Waals surface area contributed by atoms with Crippen molar-refractivity contribution < 1.29 is 4.74 Å². The summed E-state index contributed by atoms with van der Waals surface area (Å²) in [6, 6.07) is 6.03. The highest BCUT2D eigenvalue weighted by molar-refractivity contribution is 6.32. The van der Waals surface area contributed by atoms with E-state index in [-0.39, 0.29) is 0 Å². The molecule has 4 heteroatoms. The van der Waals surface area contributed by atoms with E-state index in [0.717, 1.165) is 35.8 Å². The lowest BCUT2D eigenvalue weighted by Gasteiger charge is -2.28. The summed E-state index contributed by atoms with van der Waals surface area (Å²) in [5.74, 6) is 0.453. The van der Waals surface area contributed by atoms with Gasteiger partial charge in [0.15, 0.2) is 0 Å². The molecule has 0 bridgehead atoms. The number of ether oxygens (including phenoxy) is 1. The SMILES string of the molecule is CN(CC1CCCCO1)c1ccc(CCl)c(Cl)c1. The number of hydrogen-bond acceptors (Lipinski definition) is 2. The van der Waals surface area contributed by atoms with Gasteiger partial charge in [0, 0.05) is 36.8 Å². The van der Waals surface area contributed by atoms with E-state index in [0.29, 0.717) is 12.0 Å². The largest absolute Gasteiger partial charge is 0.376 e. The highest BCUT2D eigenvalue weighted by atomic mass is 35.5. The minimum atomic E-state index is 0.343. The second kappa shape index (κ2) is 6.65. The van der Waals surface area contributed by atoms with Crippen LogP contribution in [0.2, 0.25) is 5.02 Å². The highest BCUT2D eigenvalue weighted by Gasteiger charge is 2.16. The number of halogens is 2. The van der Waals surface area contributed by atoms with Gasteiger partial charge in [-0.3, -0.25) is 0 Å². The summed E-state index contributed by atoms with van der Waals surface area (Å²) in [6.07, 6.45) is 3.95. The fourth-order valence-corrected chi connectivity index (χ4v) is 2.79. The number of hydrogen-bond donors (Lipinski definition) is 0. The zero-order valence-electron chi connectivity index (χ0n) is 10.7. The Morgan fingerprint density at radius 3 is 2.83 bits per heavy atom. The van der Waals surface area contributed by atoms with E-state index in [1.807, 2.05) is 12.1 Å². The second-order valence-electron chi connectivity index (χ2n) is 4.78. The molecule has 0 radical (unpaired) electrons. The Balaban J connectivity index is 1.99. The second-order valence-corrected chi connectivity index (χ2v) is 5.45. The van der Waals surface area contributed by atoms with Crippen LogP contribution in [-0.4, -0.2) is 26.3 Å². The molecule has 1 heterocycles. The van der Waals surface area contributed by atoms with Crippen molar-refractivity contribution in [2.75, 3.05) is 25.1 Å². The van der Waals surface area contributed by atoms with Crippen LogP contribution in [-0.2, 0) is 10.6 Å². The maximum Gasteiger partial charge on any atom is 0.0749 e. The van der Waals surface area contributed by atoms with Gasteiger partial charge in [-0.05, 0) is 37.0 Å². The van der Waals surface area contributed by atoms with Crippen LogP contribution in [0.4, 0.5) is 5.69 Å². The molecular formula is C14H19Cl2NO. The molecule has 2 rings (SSSR count). The Kier molecular flexibility index (Phi) is 5.16. The highest BCUT2D eigenvalue weighted by Crippen LogP contribution is 2.25. The molecule has 0 saturated carbocycles. The van der Waals surface area contributed by atoms with Crippen molar-refractivity contribution in [3.8, 4) is 0 Å². The first-order chi connectivity index (χ1) is 8.70. The Morgan fingerprint density at radius 1 is 1.39 bits per heavy atom. The van der Waals surface area contributed by atoms with Crippen LogP contribution in [0.25, 0.3) is 0 Å². The number of alkyl halides is 1. The van der Waals surface area contributed by atoms with Crippen LogP contribution in [0.15, 0.2) is 18.2 Å². The number of nitrogens with zero attached hydrogens (tertiary/aromatic N) is 1. The third-order valence-electron chi connectivity index (χ3n) is 3.37. The fourth-order valence-electron chi connectivity index (χ4n) is 2.24. The van der Waals surface area contributed by atoms with Crippen molar-refractivity contribution in [2.24, 2.45) is 0 Å². The van der Waals surface area contributed by atoms with Crippen LogP contribution in [0, 0.1) is 0 Å². The molecule has 1 aliphatic heterocycles. The van der Waals surface area contributed by atoms with Crippen molar-refractivity contribution in [2.45, 2.75) is 31.2 Å². The normalized spacial score (nSPS) is 19.8. The van der Waals surface area contributed by atoms with Gasteiger partial charge in [-0.1, -0.05) is 17.7 Å². The van der Waals surface area contributed by atoms with Crippen LogP contribution in [0.1, 0.15) is 24.8 Å². The summed E-state index contributed by atoms with van der Waals surface area (Å²) >= 11 is 12.0. The summed E-state index contributed by atoms with van der Waals surface area (Å²) in [5, 5.41) is 0.735. The van der Waals surface area contributed by atoms with Gasteiger partial charge >= 0.3 is 0 Å². The third kappa shape index (κ3) is 3.53. The monoisotopic (exact) mass is 287 g/mol. The van der Waals surface area contributed by atoms with Crippen LogP contribution < -0.4 is 4.90 Å². The van der Waals surface area contributed by atoms with Gasteiger partial charge < -0.3 is 9.64 Å². The fraction of sp³-hybridized carbons (Fsp3) is 0.571. The van der Waals surface area contributed by atoms with E-state index in [4.69, 9.17) is 27.9 Å². The molecule has 1 saturated heterocycles. The number of rotatable bonds is 4. The van der Waals surface area contributed by atoms with Gasteiger partial charge in [0.25, 0.3) is 0 Å². The molecule has 1 aromatic rings. The average Bonchev–Trinajstić information content (AvgIpc) is 2.39. The van der Waals surface area contributed by atoms with Gasteiger partial charge in [-0.25, -0.2) is 0 Å². The molecule has 1 unspecified atom stereocenters. The molecular weight excluding hydrogens is 269 g/mol. The van der Waals surface area contributed by atoms with Gasteiger partial charge in [-0.15, -0.1) is 11.6 Å². The Labute approximate surface area is 119 Å². The summed E-state index contributed by atoms with van der Waals surface area (Å²) in [6.45, 7) is 1.81. The van der Waals surface area contributed by atoms with E-state index < -0.39 is 0 Å². The summed E-state index contributed by atoms with van der Waals surface area (Å²) in [7, 11) is 2.07. The number of anilines is 1. The van der Waals surface area contributed by atoms with E-state index in [1.54, 1.807) is 0 Å². The van der Waals surface area contributed by atoms with E-state index in [9.17, 15) is 0 Å². The predicted molar refractivity (Wildman–Crippen MR) is 77.9 cm³/mol. The molecule has 0 aromatic heterocycles. The van der Waals surface area contributed by atoms with Crippen LogP contribution in [0.5, 0.6) is 0 Å². The molecule has 1 aromatic carbocycles. The Bertz CT molecular complexity index is 391. The van der Waals surface area contributed by atoms with Crippen molar-refractivity contribution in [1.29, 1.82) is 0 Å². The lowest BCUT2D eigenvalue weighted by atomic mass is 10.1. The van der Waals surface area contributed by atoms with Crippen molar-refractivity contribution >= 4 is 28.9 Å². The maximum absolute atomic E-state index is 6.17. The summed E-state index contributed by atoms with van der Waals surface area (Å²) in [5.41, 5.74) is 2.09. The quantitative estimate of drug-likeness (QED) is 0.774.